The first-order chi connectivity index (χ1) is 3.80. The molecule has 0 spiro atoms. The van der Waals surface area contributed by atoms with Crippen molar-refractivity contribution in [3.8, 4) is 0 Å². The highest BCUT2D eigenvalue weighted by Crippen LogP contribution is 1.74. The highest BCUT2D eigenvalue weighted by molar-refractivity contribution is 4.58. The molecule has 1 fully saturated rings. The third-order valence-electron chi connectivity index (χ3n) is 1.77. The Kier molecular flexibility index (Phi) is 1.86. The Hall–Kier alpha value is -0.0800. The van der Waals surface area contributed by atoms with Gasteiger partial charge in [-0.05, 0) is 6.92 Å². The van der Waals surface area contributed by atoms with E-state index in [2.05, 4.69) is 19.3 Å². The van der Waals surface area contributed by atoms with Gasteiger partial charge >= 0.3 is 0 Å². The molecule has 0 amide bonds. The van der Waals surface area contributed by atoms with Gasteiger partial charge in [0.2, 0.25) is 0 Å². The first-order valence-electron chi connectivity index (χ1n) is 3.19. The normalized spacial score (nSPS) is 39.8. The van der Waals surface area contributed by atoms with E-state index in [1.54, 1.807) is 0 Å². The van der Waals surface area contributed by atoms with Gasteiger partial charge in [-0.2, -0.15) is 7.05 Å². The lowest BCUT2D eigenvalue weighted by Gasteiger charge is -2.32. The standard InChI is InChI=1S/C6H14N2/c1-6-5-7-3-4-8(6)2/h6-8H,2-5H2,1H3/t6-/m1/s1. The number of quaternary nitrogens is 1. The molecule has 1 heterocycles. The van der Waals surface area contributed by atoms with Crippen LogP contribution in [0, 0.1) is 7.05 Å². The van der Waals surface area contributed by atoms with Crippen LogP contribution in [0.3, 0.4) is 0 Å². The fraction of sp³-hybridized carbons (Fsp3) is 0.833. The van der Waals surface area contributed by atoms with Crippen LogP contribution in [0.15, 0.2) is 0 Å². The van der Waals surface area contributed by atoms with E-state index < -0.39 is 0 Å². The molecule has 1 unspecified atom stereocenters. The molecule has 1 aliphatic rings. The lowest BCUT2D eigenvalue weighted by atomic mass is 10.2. The molecule has 0 bridgehead atoms. The van der Waals surface area contributed by atoms with Gasteiger partial charge in [-0.1, -0.05) is 0 Å². The molecule has 8 heavy (non-hydrogen) atoms. The summed E-state index contributed by atoms with van der Waals surface area (Å²) in [6, 6.07) is 0.698. The van der Waals surface area contributed by atoms with Crippen LogP contribution in [0.1, 0.15) is 6.92 Å². The van der Waals surface area contributed by atoms with Gasteiger partial charge in [-0.25, -0.2) is 0 Å². The second-order valence-corrected chi connectivity index (χ2v) is 2.51. The molecule has 0 aromatic heterocycles. The summed E-state index contributed by atoms with van der Waals surface area (Å²) >= 11 is 0. The van der Waals surface area contributed by atoms with Crippen LogP contribution >= 0.6 is 0 Å². The van der Waals surface area contributed by atoms with Crippen molar-refractivity contribution in [1.82, 2.24) is 5.32 Å². The summed E-state index contributed by atoms with van der Waals surface area (Å²) in [5, 5.41) is 3.30. The summed E-state index contributed by atoms with van der Waals surface area (Å²) in [5.74, 6) is 0. The van der Waals surface area contributed by atoms with Crippen LogP contribution in [-0.4, -0.2) is 25.7 Å². The number of nitrogens with one attached hydrogen (secondary N) is 2. The van der Waals surface area contributed by atoms with Gasteiger partial charge in [0.15, 0.2) is 0 Å². The maximum atomic E-state index is 3.96. The molecule has 2 N–H and O–H groups in total. The zero-order valence-electron chi connectivity index (χ0n) is 5.41. The highest BCUT2D eigenvalue weighted by atomic mass is 15.2. The second kappa shape index (κ2) is 2.46. The van der Waals surface area contributed by atoms with E-state index in [0.717, 1.165) is 13.1 Å². The van der Waals surface area contributed by atoms with Crippen molar-refractivity contribution in [1.29, 1.82) is 0 Å². The van der Waals surface area contributed by atoms with E-state index in [1.165, 1.54) is 11.4 Å². The summed E-state index contributed by atoms with van der Waals surface area (Å²) in [5.41, 5.74) is 0. The molecule has 0 saturated carbocycles. The quantitative estimate of drug-likeness (QED) is 0.372. The van der Waals surface area contributed by atoms with Crippen molar-refractivity contribution in [3.63, 3.8) is 0 Å². The zero-order chi connectivity index (χ0) is 5.98. The lowest BCUT2D eigenvalue weighted by Crippen LogP contribution is -3.13. The lowest BCUT2D eigenvalue weighted by molar-refractivity contribution is -0.880. The first-order valence-corrected chi connectivity index (χ1v) is 3.19. The number of hydrogen-bond donors (Lipinski definition) is 2. The van der Waals surface area contributed by atoms with Crippen LogP contribution < -0.4 is 10.2 Å². The Labute approximate surface area is 50.9 Å². The summed E-state index contributed by atoms with van der Waals surface area (Å²) in [6.07, 6.45) is 0. The minimum atomic E-state index is 0.698. The molecule has 48 valence electrons. The van der Waals surface area contributed by atoms with Crippen LogP contribution in [0.4, 0.5) is 0 Å². The van der Waals surface area contributed by atoms with E-state index in [4.69, 9.17) is 0 Å². The van der Waals surface area contributed by atoms with Gasteiger partial charge in [0.05, 0.1) is 12.6 Å². The third kappa shape index (κ3) is 1.20. The molecule has 1 aliphatic heterocycles. The third-order valence-corrected chi connectivity index (χ3v) is 1.77. The Morgan fingerprint density at radius 2 is 2.50 bits per heavy atom. The van der Waals surface area contributed by atoms with Crippen LogP contribution in [-0.2, 0) is 0 Å². The molecule has 2 atom stereocenters. The molecule has 0 aromatic rings. The van der Waals surface area contributed by atoms with E-state index >= 15 is 0 Å². The monoisotopic (exact) mass is 114 g/mol. The average Bonchev–Trinajstić information content (AvgIpc) is 1.77. The Bertz CT molecular complexity index is 62.9. The van der Waals surface area contributed by atoms with Crippen molar-refractivity contribution < 1.29 is 4.90 Å². The summed E-state index contributed by atoms with van der Waals surface area (Å²) < 4.78 is 0. The molecular weight excluding hydrogens is 100 g/mol. The fourth-order valence-electron chi connectivity index (χ4n) is 0.958. The van der Waals surface area contributed by atoms with Crippen LogP contribution in [0.5, 0.6) is 0 Å². The van der Waals surface area contributed by atoms with Crippen LogP contribution in [0.25, 0.3) is 0 Å². The molecule has 0 aromatic carbocycles. The van der Waals surface area contributed by atoms with Crippen LogP contribution in [0.2, 0.25) is 0 Å². The zero-order valence-corrected chi connectivity index (χ0v) is 5.41. The largest absolute Gasteiger partial charge is 0.464 e. The minimum Gasteiger partial charge on any atom is -0.464 e. The Morgan fingerprint density at radius 3 is 2.88 bits per heavy atom. The minimum absolute atomic E-state index is 0.698. The molecular formula is C6H14N2. The fourth-order valence-corrected chi connectivity index (χ4v) is 0.958. The molecule has 2 heteroatoms. The topological polar surface area (TPSA) is 16.5 Å². The van der Waals surface area contributed by atoms with Crippen molar-refractivity contribution in [2.45, 2.75) is 13.0 Å². The van der Waals surface area contributed by atoms with E-state index in [9.17, 15) is 0 Å². The predicted molar refractivity (Wildman–Crippen MR) is 33.5 cm³/mol. The first kappa shape index (κ1) is 6.05. The Morgan fingerprint density at radius 1 is 1.75 bits per heavy atom. The maximum absolute atomic E-state index is 3.96. The Balaban J connectivity index is 2.28. The molecule has 1 rings (SSSR count). The van der Waals surface area contributed by atoms with Crippen molar-refractivity contribution in [2.75, 3.05) is 19.6 Å². The molecule has 0 radical (unpaired) electrons. The van der Waals surface area contributed by atoms with E-state index in [-0.39, 0.29) is 0 Å². The van der Waals surface area contributed by atoms with Gasteiger partial charge in [0, 0.05) is 13.1 Å². The number of piperazine rings is 1. The number of rotatable bonds is 0. The smallest absolute Gasteiger partial charge is 0.0733 e. The van der Waals surface area contributed by atoms with Gasteiger partial charge in [0.25, 0.3) is 0 Å². The summed E-state index contributed by atoms with van der Waals surface area (Å²) in [6.45, 7) is 5.64. The second-order valence-electron chi connectivity index (χ2n) is 2.51. The molecule has 2 nitrogen and oxygen atoms in total. The van der Waals surface area contributed by atoms with Gasteiger partial charge in [0.1, 0.15) is 0 Å². The summed E-state index contributed by atoms with van der Waals surface area (Å²) in [4.78, 5) is 1.41. The van der Waals surface area contributed by atoms with Gasteiger partial charge in [-0.3, -0.25) is 0 Å². The average molecular weight is 114 g/mol. The van der Waals surface area contributed by atoms with E-state index in [1.807, 2.05) is 0 Å². The van der Waals surface area contributed by atoms with Gasteiger partial charge in [-0.15, -0.1) is 0 Å². The SMILES string of the molecule is [CH2-][NH+]1CCNC[C@H]1C. The van der Waals surface area contributed by atoms with Gasteiger partial charge < -0.3 is 10.2 Å². The summed E-state index contributed by atoms with van der Waals surface area (Å²) in [7, 11) is 3.96. The number of hydrogen-bond acceptors (Lipinski definition) is 1. The van der Waals surface area contributed by atoms with Crippen molar-refractivity contribution in [3.05, 3.63) is 7.05 Å². The van der Waals surface area contributed by atoms with Crippen molar-refractivity contribution >= 4 is 0 Å². The van der Waals surface area contributed by atoms with E-state index in [0.29, 0.717) is 6.04 Å². The molecule has 0 aliphatic carbocycles. The van der Waals surface area contributed by atoms with Crippen molar-refractivity contribution in [2.24, 2.45) is 0 Å². The predicted octanol–water partition coefficient (Wildman–Crippen LogP) is -1.35. The highest BCUT2D eigenvalue weighted by Gasteiger charge is 2.11. The molecule has 1 saturated heterocycles. The maximum Gasteiger partial charge on any atom is 0.0733 e.